The van der Waals surface area contributed by atoms with E-state index in [4.69, 9.17) is 9.47 Å². The Bertz CT molecular complexity index is 1050. The number of hydrogen-bond acceptors (Lipinski definition) is 5. The topological polar surface area (TPSA) is 72.8 Å². The van der Waals surface area contributed by atoms with Crippen molar-refractivity contribution in [3.8, 4) is 0 Å². The number of aliphatic hydroxyl groups is 1. The van der Waals surface area contributed by atoms with Gasteiger partial charge in [0.1, 0.15) is 12.2 Å². The number of carbonyl (C=O) groups excluding carboxylic acids is 2. The minimum absolute atomic E-state index is 0.0168. The van der Waals surface area contributed by atoms with Gasteiger partial charge in [-0.05, 0) is 76.0 Å². The molecule has 2 heterocycles. The third-order valence-corrected chi connectivity index (χ3v) is 11.0. The van der Waals surface area contributed by atoms with Gasteiger partial charge in [-0.15, -0.1) is 0 Å². The number of carbonyl (C=O) groups is 2. The van der Waals surface area contributed by atoms with E-state index in [2.05, 4.69) is 33.4 Å². The SMILES string of the molecule is C=C1C(=O)O[C@H]2C[C@H](C)C3=C(C[C@H]12)[C@]1(C)C[C@H]3C[C@@]12C(=O)O[C@@H]1C[C@H](C)C(CC[C@H](C)O)=CC[C@@H]12. The molecule has 190 valence electrons. The van der Waals surface area contributed by atoms with Crippen LogP contribution in [0.4, 0.5) is 0 Å². The molecule has 3 fully saturated rings. The lowest BCUT2D eigenvalue weighted by molar-refractivity contribution is -0.153. The Kier molecular flexibility index (Phi) is 5.25. The maximum Gasteiger partial charge on any atom is 0.334 e. The summed E-state index contributed by atoms with van der Waals surface area (Å²) >= 11 is 0. The zero-order valence-corrected chi connectivity index (χ0v) is 21.6. The zero-order valence-electron chi connectivity index (χ0n) is 21.6. The van der Waals surface area contributed by atoms with Crippen molar-refractivity contribution in [1.29, 1.82) is 0 Å². The van der Waals surface area contributed by atoms with E-state index in [9.17, 15) is 14.7 Å². The van der Waals surface area contributed by atoms with Crippen LogP contribution < -0.4 is 0 Å². The van der Waals surface area contributed by atoms with E-state index in [1.165, 1.54) is 11.1 Å². The summed E-state index contributed by atoms with van der Waals surface area (Å²) in [5.74, 6) is 1.12. The average Bonchev–Trinajstić information content (AvgIpc) is 3.34. The lowest BCUT2D eigenvalue weighted by Crippen LogP contribution is -2.47. The largest absolute Gasteiger partial charge is 0.462 e. The highest BCUT2D eigenvalue weighted by molar-refractivity contribution is 5.91. The number of fused-ring (bicyclic) bond motifs is 8. The van der Waals surface area contributed by atoms with Crippen molar-refractivity contribution in [2.45, 2.75) is 97.4 Å². The monoisotopic (exact) mass is 480 g/mol. The Balaban J connectivity index is 1.37. The van der Waals surface area contributed by atoms with Crippen molar-refractivity contribution >= 4 is 11.9 Å². The van der Waals surface area contributed by atoms with Crippen LogP contribution >= 0.6 is 0 Å². The van der Waals surface area contributed by atoms with E-state index in [1.54, 1.807) is 5.57 Å². The Morgan fingerprint density at radius 1 is 1.14 bits per heavy atom. The molecule has 2 saturated heterocycles. The zero-order chi connectivity index (χ0) is 24.9. The number of hydrogen-bond donors (Lipinski definition) is 1. The minimum Gasteiger partial charge on any atom is -0.462 e. The lowest BCUT2D eigenvalue weighted by atomic mass is 9.54. The molecule has 0 radical (unpaired) electrons. The molecule has 1 N–H and O–H groups in total. The third kappa shape index (κ3) is 3.09. The molecule has 6 aliphatic rings. The van der Waals surface area contributed by atoms with Gasteiger partial charge in [0.2, 0.25) is 0 Å². The van der Waals surface area contributed by atoms with Crippen LogP contribution in [-0.4, -0.2) is 35.4 Å². The van der Waals surface area contributed by atoms with E-state index in [1.807, 2.05) is 6.92 Å². The molecule has 0 unspecified atom stereocenters. The van der Waals surface area contributed by atoms with Crippen LogP contribution in [-0.2, 0) is 19.1 Å². The first-order chi connectivity index (χ1) is 16.6. The predicted octanol–water partition coefficient (Wildman–Crippen LogP) is 5.29. The minimum atomic E-state index is -0.485. The molecular weight excluding hydrogens is 440 g/mol. The highest BCUT2D eigenvalue weighted by atomic mass is 16.6. The smallest absolute Gasteiger partial charge is 0.334 e. The van der Waals surface area contributed by atoms with Gasteiger partial charge in [0.05, 0.1) is 11.5 Å². The van der Waals surface area contributed by atoms with Gasteiger partial charge in [0.25, 0.3) is 0 Å². The van der Waals surface area contributed by atoms with E-state index < -0.39 is 5.41 Å². The lowest BCUT2D eigenvalue weighted by Gasteiger charge is -2.46. The molecule has 2 aliphatic heterocycles. The summed E-state index contributed by atoms with van der Waals surface area (Å²) in [5.41, 5.74) is 4.26. The fourth-order valence-electron chi connectivity index (χ4n) is 9.35. The standard InChI is InChI=1S/C30H40O5/c1-15-10-25-22(9-8-19(15)7-6-17(3)31)30(28(33)35-25)14-20-13-29(30,5)23-12-21-18(4)27(32)34-24(21)11-16(2)26(20)23/h8,15-17,20-22,24-25,31H,4,6-7,9-14H2,1-3,5H3/t15-,16-,17-,20-,21+,22-,24-,25+,29-,30+/m0/s1. The molecule has 4 aliphatic carbocycles. The van der Waals surface area contributed by atoms with E-state index in [0.29, 0.717) is 23.3 Å². The predicted molar refractivity (Wildman–Crippen MR) is 132 cm³/mol. The first kappa shape index (κ1) is 23.5. The van der Waals surface area contributed by atoms with Crippen LogP contribution in [0.2, 0.25) is 0 Å². The molecule has 10 atom stereocenters. The summed E-state index contributed by atoms with van der Waals surface area (Å²) in [6, 6.07) is 0. The highest BCUT2D eigenvalue weighted by Gasteiger charge is 2.74. The molecule has 1 spiro atoms. The summed E-state index contributed by atoms with van der Waals surface area (Å²) in [6.07, 6.45) is 8.95. The summed E-state index contributed by atoms with van der Waals surface area (Å²) < 4.78 is 12.0. The third-order valence-electron chi connectivity index (χ3n) is 11.0. The van der Waals surface area contributed by atoms with Gasteiger partial charge >= 0.3 is 11.9 Å². The van der Waals surface area contributed by atoms with Crippen LogP contribution in [0, 0.1) is 40.4 Å². The van der Waals surface area contributed by atoms with Gasteiger partial charge in [0, 0.05) is 22.8 Å². The van der Waals surface area contributed by atoms with E-state index >= 15 is 0 Å². The van der Waals surface area contributed by atoms with Crippen LogP contribution in [0.5, 0.6) is 0 Å². The second-order valence-electron chi connectivity index (χ2n) is 12.8. The molecule has 6 rings (SSSR count). The van der Waals surface area contributed by atoms with Gasteiger partial charge in [0.15, 0.2) is 0 Å². The average molecular weight is 481 g/mol. The molecule has 0 amide bonds. The van der Waals surface area contributed by atoms with Gasteiger partial charge in [-0.25, -0.2) is 4.79 Å². The molecule has 0 aromatic rings. The van der Waals surface area contributed by atoms with Crippen molar-refractivity contribution in [3.05, 3.63) is 34.9 Å². The summed E-state index contributed by atoms with van der Waals surface area (Å²) in [4.78, 5) is 26.2. The molecule has 1 saturated carbocycles. The van der Waals surface area contributed by atoms with Crippen molar-refractivity contribution in [2.24, 2.45) is 40.4 Å². The maximum atomic E-state index is 13.9. The number of esters is 2. The first-order valence-corrected chi connectivity index (χ1v) is 13.8. The van der Waals surface area contributed by atoms with Crippen LogP contribution in [0.3, 0.4) is 0 Å². The highest BCUT2D eigenvalue weighted by Crippen LogP contribution is 2.75. The Hall–Kier alpha value is -1.88. The van der Waals surface area contributed by atoms with Crippen molar-refractivity contribution in [2.75, 3.05) is 0 Å². The van der Waals surface area contributed by atoms with Gasteiger partial charge < -0.3 is 14.6 Å². The Labute approximate surface area is 209 Å². The number of aliphatic hydroxyl groups excluding tert-OH is 1. The number of rotatable bonds is 3. The molecule has 0 aromatic carbocycles. The van der Waals surface area contributed by atoms with Crippen LogP contribution in [0.15, 0.2) is 34.9 Å². The van der Waals surface area contributed by atoms with Crippen molar-refractivity contribution in [3.63, 3.8) is 0 Å². The van der Waals surface area contributed by atoms with Gasteiger partial charge in [-0.1, -0.05) is 50.1 Å². The fourth-order valence-corrected chi connectivity index (χ4v) is 9.35. The molecular formula is C30H40O5. The van der Waals surface area contributed by atoms with Crippen molar-refractivity contribution in [1.82, 2.24) is 0 Å². The molecule has 5 heteroatoms. The summed E-state index contributed by atoms with van der Waals surface area (Å²) in [5, 5.41) is 9.82. The summed E-state index contributed by atoms with van der Waals surface area (Å²) in [6.45, 7) is 12.8. The van der Waals surface area contributed by atoms with E-state index in [-0.39, 0.29) is 47.5 Å². The van der Waals surface area contributed by atoms with E-state index in [0.717, 1.165) is 51.4 Å². The Morgan fingerprint density at radius 3 is 2.63 bits per heavy atom. The quantitative estimate of drug-likeness (QED) is 0.338. The van der Waals surface area contributed by atoms with Crippen LogP contribution in [0.1, 0.15) is 79.1 Å². The van der Waals surface area contributed by atoms with Crippen molar-refractivity contribution < 1.29 is 24.2 Å². The Morgan fingerprint density at radius 2 is 1.89 bits per heavy atom. The van der Waals surface area contributed by atoms with Gasteiger partial charge in [-0.3, -0.25) is 4.79 Å². The molecule has 0 aromatic heterocycles. The number of allylic oxidation sites excluding steroid dienone is 4. The fraction of sp³-hybridized carbons (Fsp3) is 0.733. The van der Waals surface area contributed by atoms with Gasteiger partial charge in [-0.2, -0.15) is 0 Å². The van der Waals surface area contributed by atoms with Crippen LogP contribution in [0.25, 0.3) is 0 Å². The second-order valence-corrected chi connectivity index (χ2v) is 12.8. The normalized spacial score (nSPS) is 47.1. The second kappa shape index (κ2) is 7.81. The maximum absolute atomic E-state index is 13.9. The summed E-state index contributed by atoms with van der Waals surface area (Å²) in [7, 11) is 0. The number of ether oxygens (including phenoxy) is 2. The molecule has 35 heavy (non-hydrogen) atoms. The first-order valence-electron chi connectivity index (χ1n) is 13.8. The molecule has 5 nitrogen and oxygen atoms in total. The molecule has 2 bridgehead atoms.